The summed E-state index contributed by atoms with van der Waals surface area (Å²) in [5.74, 6) is -1.10. The molecule has 1 aliphatic heterocycles. The number of ether oxygens (including phenoxy) is 1. The number of hydrogen-bond donors (Lipinski definition) is 1. The van der Waals surface area contributed by atoms with E-state index in [4.69, 9.17) is 16.3 Å². The van der Waals surface area contributed by atoms with Gasteiger partial charge in [0.05, 0.1) is 12.2 Å². The topological polar surface area (TPSA) is 83.0 Å². The van der Waals surface area contributed by atoms with E-state index < -0.39 is 23.2 Å². The second-order valence-corrected chi connectivity index (χ2v) is 9.35. The largest absolute Gasteiger partial charge is 0.478 e. The van der Waals surface area contributed by atoms with Gasteiger partial charge in [-0.05, 0) is 37.7 Å². The molecule has 2 heterocycles. The van der Waals surface area contributed by atoms with Crippen molar-refractivity contribution in [3.8, 4) is 5.88 Å². The first-order chi connectivity index (χ1) is 16.9. The van der Waals surface area contributed by atoms with Crippen LogP contribution in [0.25, 0.3) is 0 Å². The molecule has 7 nitrogen and oxygen atoms in total. The second kappa shape index (κ2) is 11.5. The molecule has 1 aliphatic rings. The third-order valence-electron chi connectivity index (χ3n) is 6.28. The number of halogens is 4. The number of piperidine rings is 1. The molecule has 1 unspecified atom stereocenters. The summed E-state index contributed by atoms with van der Waals surface area (Å²) in [4.78, 5) is 31.4. The Bertz CT molecular complexity index is 1060. The number of pyridine rings is 1. The first-order valence-electron chi connectivity index (χ1n) is 11.6. The van der Waals surface area contributed by atoms with Gasteiger partial charge in [-0.1, -0.05) is 41.9 Å². The SMILES string of the molecule is CN(C)C(=O)c1ccc(OCCCC2CCN(C(=O)C(O)(c3ccccc3)C(F)(F)F)CC2)nc1Cl. The van der Waals surface area contributed by atoms with E-state index in [0.717, 1.165) is 23.5 Å². The van der Waals surface area contributed by atoms with Crippen LogP contribution in [0.5, 0.6) is 5.88 Å². The van der Waals surface area contributed by atoms with Gasteiger partial charge in [-0.25, -0.2) is 4.98 Å². The van der Waals surface area contributed by atoms with E-state index in [1.807, 2.05) is 0 Å². The monoisotopic (exact) mass is 527 g/mol. The standard InChI is InChI=1S/C25H29ClF3N3O4/c1-31(2)22(33)19-10-11-20(30-21(19)26)36-16-6-7-17-12-14-32(15-13-17)23(34)24(35,25(27,28)29)18-8-4-3-5-9-18/h3-5,8-11,17,35H,6-7,12-16H2,1-2H3. The van der Waals surface area contributed by atoms with Gasteiger partial charge in [0.2, 0.25) is 5.88 Å². The Morgan fingerprint density at radius 1 is 1.14 bits per heavy atom. The number of hydrogen-bond acceptors (Lipinski definition) is 5. The number of amides is 2. The Labute approximate surface area is 212 Å². The van der Waals surface area contributed by atoms with E-state index in [2.05, 4.69) is 4.98 Å². The molecule has 0 bridgehead atoms. The molecule has 36 heavy (non-hydrogen) atoms. The molecule has 0 saturated carbocycles. The summed E-state index contributed by atoms with van der Waals surface area (Å²) < 4.78 is 47.0. The van der Waals surface area contributed by atoms with E-state index in [0.29, 0.717) is 31.7 Å². The van der Waals surface area contributed by atoms with Crippen molar-refractivity contribution in [1.29, 1.82) is 0 Å². The molecule has 0 spiro atoms. The van der Waals surface area contributed by atoms with Gasteiger partial charge in [-0.15, -0.1) is 0 Å². The number of aliphatic hydroxyl groups is 1. The number of carbonyl (C=O) groups excluding carboxylic acids is 2. The van der Waals surface area contributed by atoms with Crippen molar-refractivity contribution >= 4 is 23.4 Å². The van der Waals surface area contributed by atoms with Gasteiger partial charge in [0.25, 0.3) is 17.4 Å². The van der Waals surface area contributed by atoms with Gasteiger partial charge in [-0.2, -0.15) is 13.2 Å². The van der Waals surface area contributed by atoms with E-state index in [1.165, 1.54) is 23.1 Å². The molecule has 1 atom stereocenters. The minimum absolute atomic E-state index is 0.0533. The predicted molar refractivity (Wildman–Crippen MR) is 128 cm³/mol. The second-order valence-electron chi connectivity index (χ2n) is 8.99. The average molecular weight is 528 g/mol. The molecule has 3 rings (SSSR count). The van der Waals surface area contributed by atoms with Crippen LogP contribution in [0.1, 0.15) is 41.6 Å². The molecule has 1 aromatic heterocycles. The fraction of sp³-hybridized carbons (Fsp3) is 0.480. The maximum Gasteiger partial charge on any atom is 0.430 e. The zero-order valence-electron chi connectivity index (χ0n) is 20.1. The van der Waals surface area contributed by atoms with Crippen molar-refractivity contribution < 1.29 is 32.6 Å². The number of likely N-dealkylation sites (tertiary alicyclic amines) is 1. The lowest BCUT2D eigenvalue weighted by Crippen LogP contribution is -2.57. The highest BCUT2D eigenvalue weighted by Gasteiger charge is 2.62. The van der Waals surface area contributed by atoms with Crippen molar-refractivity contribution in [1.82, 2.24) is 14.8 Å². The molecular formula is C25H29ClF3N3O4. The molecule has 0 radical (unpaired) electrons. The summed E-state index contributed by atoms with van der Waals surface area (Å²) >= 11 is 6.08. The van der Waals surface area contributed by atoms with Gasteiger partial charge in [-0.3, -0.25) is 9.59 Å². The quantitative estimate of drug-likeness (QED) is 0.409. The highest BCUT2D eigenvalue weighted by Crippen LogP contribution is 2.41. The first kappa shape index (κ1) is 27.7. The normalized spacial score (nSPS) is 16.4. The highest BCUT2D eigenvalue weighted by atomic mass is 35.5. The van der Waals surface area contributed by atoms with Gasteiger partial charge < -0.3 is 19.6 Å². The molecular weight excluding hydrogens is 499 g/mol. The van der Waals surface area contributed by atoms with Crippen LogP contribution < -0.4 is 4.74 Å². The third-order valence-corrected chi connectivity index (χ3v) is 6.57. The number of carbonyl (C=O) groups is 2. The molecule has 196 valence electrons. The lowest BCUT2D eigenvalue weighted by atomic mass is 9.88. The van der Waals surface area contributed by atoms with Crippen molar-refractivity contribution in [3.63, 3.8) is 0 Å². The van der Waals surface area contributed by atoms with Crippen molar-refractivity contribution in [2.45, 2.75) is 37.5 Å². The van der Waals surface area contributed by atoms with Crippen LogP contribution in [0.2, 0.25) is 5.15 Å². The average Bonchev–Trinajstić information content (AvgIpc) is 2.85. The zero-order valence-corrected chi connectivity index (χ0v) is 20.8. The number of alkyl halides is 3. The van der Waals surface area contributed by atoms with E-state index in [1.54, 1.807) is 26.2 Å². The fourth-order valence-electron chi connectivity index (χ4n) is 4.19. The summed E-state index contributed by atoms with van der Waals surface area (Å²) in [6, 6.07) is 9.57. The van der Waals surface area contributed by atoms with Crippen molar-refractivity contribution in [2.24, 2.45) is 5.92 Å². The molecule has 1 saturated heterocycles. The smallest absolute Gasteiger partial charge is 0.430 e. The molecule has 2 amide bonds. The number of aromatic nitrogens is 1. The minimum atomic E-state index is -5.14. The van der Waals surface area contributed by atoms with Crippen LogP contribution in [-0.2, 0) is 10.4 Å². The molecule has 1 N–H and O–H groups in total. The summed E-state index contributed by atoms with van der Waals surface area (Å²) in [6.45, 7) is 0.619. The lowest BCUT2D eigenvalue weighted by molar-refractivity contribution is -0.262. The Morgan fingerprint density at radius 2 is 1.78 bits per heavy atom. The lowest BCUT2D eigenvalue weighted by Gasteiger charge is -2.38. The number of rotatable bonds is 8. The molecule has 1 fully saturated rings. The maximum absolute atomic E-state index is 13.8. The molecule has 1 aromatic carbocycles. The van der Waals surface area contributed by atoms with E-state index in [9.17, 15) is 27.9 Å². The van der Waals surface area contributed by atoms with E-state index in [-0.39, 0.29) is 35.6 Å². The molecule has 11 heteroatoms. The minimum Gasteiger partial charge on any atom is -0.478 e. The molecule has 0 aliphatic carbocycles. The first-order valence-corrected chi connectivity index (χ1v) is 12.0. The van der Waals surface area contributed by atoms with Gasteiger partial charge in [0.1, 0.15) is 5.15 Å². The Balaban J connectivity index is 1.49. The Morgan fingerprint density at radius 3 is 2.33 bits per heavy atom. The summed E-state index contributed by atoms with van der Waals surface area (Å²) in [7, 11) is 3.23. The predicted octanol–water partition coefficient (Wildman–Crippen LogP) is 4.28. The van der Waals surface area contributed by atoms with E-state index >= 15 is 0 Å². The summed E-state index contributed by atoms with van der Waals surface area (Å²) in [5, 5.41) is 10.6. The van der Waals surface area contributed by atoms with Crippen molar-refractivity contribution in [2.75, 3.05) is 33.8 Å². The third kappa shape index (κ3) is 6.10. The maximum atomic E-state index is 13.8. The Kier molecular flexibility index (Phi) is 8.84. The zero-order chi connectivity index (χ0) is 26.5. The Hall–Kier alpha value is -2.85. The van der Waals surface area contributed by atoms with Crippen LogP contribution in [0.4, 0.5) is 13.2 Å². The summed E-state index contributed by atoms with van der Waals surface area (Å²) in [5.41, 5.74) is -3.79. The van der Waals surface area contributed by atoms with Gasteiger partial charge in [0, 0.05) is 38.8 Å². The van der Waals surface area contributed by atoms with Crippen molar-refractivity contribution in [3.05, 3.63) is 58.7 Å². The van der Waals surface area contributed by atoms with Crippen LogP contribution >= 0.6 is 11.6 Å². The van der Waals surface area contributed by atoms with Crippen LogP contribution in [0, 0.1) is 5.92 Å². The van der Waals surface area contributed by atoms with Crippen LogP contribution in [-0.4, -0.2) is 71.7 Å². The summed E-state index contributed by atoms with van der Waals surface area (Å²) in [6.07, 6.45) is -2.66. The van der Waals surface area contributed by atoms with Crippen LogP contribution in [0.15, 0.2) is 42.5 Å². The highest BCUT2D eigenvalue weighted by molar-refractivity contribution is 6.32. The molecule has 2 aromatic rings. The fourth-order valence-corrected chi connectivity index (χ4v) is 4.42. The van der Waals surface area contributed by atoms with Gasteiger partial charge >= 0.3 is 6.18 Å². The van der Waals surface area contributed by atoms with Crippen LogP contribution in [0.3, 0.4) is 0 Å². The number of nitrogens with zero attached hydrogens (tertiary/aromatic N) is 3. The van der Waals surface area contributed by atoms with Gasteiger partial charge in [0.15, 0.2) is 0 Å². The number of benzene rings is 1.